The van der Waals surface area contributed by atoms with Crippen molar-refractivity contribution in [2.45, 2.75) is 24.0 Å². The van der Waals surface area contributed by atoms with Crippen molar-refractivity contribution in [2.24, 2.45) is 0 Å². The zero-order valence-electron chi connectivity index (χ0n) is 19.0. The van der Waals surface area contributed by atoms with Gasteiger partial charge in [0.2, 0.25) is 0 Å². The monoisotopic (exact) mass is 480 g/mol. The highest BCUT2D eigenvalue weighted by atomic mass is 32.2. The van der Waals surface area contributed by atoms with E-state index in [-0.39, 0.29) is 5.91 Å². The predicted molar refractivity (Wildman–Crippen MR) is 137 cm³/mol. The van der Waals surface area contributed by atoms with Gasteiger partial charge in [-0.2, -0.15) is 10.2 Å². The Morgan fingerprint density at radius 3 is 2.37 bits per heavy atom. The standard InChI is InChI=1S/C27H24N6OS/c34-26(23-13-11-21(12-14-23)18-35-27-29-19-30-31-27)28-15-24-17-33(16-20-7-3-1-4-8-20)32-25(24)22-9-5-2-6-10-22/h1-14,17,19H,15-16,18H2,(H,28,34)(H,29,30,31). The first-order chi connectivity index (χ1) is 17.2. The molecule has 2 N–H and O–H groups in total. The molecule has 0 unspecified atom stereocenters. The Kier molecular flexibility index (Phi) is 7.00. The van der Waals surface area contributed by atoms with Gasteiger partial charge in [-0.3, -0.25) is 14.6 Å². The highest BCUT2D eigenvalue weighted by molar-refractivity contribution is 7.98. The van der Waals surface area contributed by atoms with Crippen LogP contribution in [0, 0.1) is 0 Å². The van der Waals surface area contributed by atoms with Gasteiger partial charge < -0.3 is 5.32 Å². The molecule has 0 aliphatic carbocycles. The fraction of sp³-hybridized carbons (Fsp3) is 0.111. The van der Waals surface area contributed by atoms with Crippen molar-refractivity contribution in [1.82, 2.24) is 30.3 Å². The number of carbonyl (C=O) groups excluding carboxylic acids is 1. The number of thioether (sulfide) groups is 1. The Labute approximate surface area is 207 Å². The maximum Gasteiger partial charge on any atom is 0.251 e. The van der Waals surface area contributed by atoms with Crippen LogP contribution in [0.25, 0.3) is 11.3 Å². The van der Waals surface area contributed by atoms with Gasteiger partial charge in [0.15, 0.2) is 5.16 Å². The summed E-state index contributed by atoms with van der Waals surface area (Å²) in [4.78, 5) is 17.0. The minimum Gasteiger partial charge on any atom is -0.348 e. The maximum atomic E-state index is 12.9. The molecular formula is C27H24N6OS. The van der Waals surface area contributed by atoms with E-state index >= 15 is 0 Å². The summed E-state index contributed by atoms with van der Waals surface area (Å²) in [5.74, 6) is 0.632. The highest BCUT2D eigenvalue weighted by Crippen LogP contribution is 2.23. The third-order valence-corrected chi connectivity index (χ3v) is 6.44. The molecule has 5 rings (SSSR count). The largest absolute Gasteiger partial charge is 0.348 e. The van der Waals surface area contributed by atoms with E-state index in [0.717, 1.165) is 33.3 Å². The van der Waals surface area contributed by atoms with Crippen LogP contribution < -0.4 is 5.32 Å². The molecule has 2 aromatic heterocycles. The Morgan fingerprint density at radius 1 is 0.914 bits per heavy atom. The topological polar surface area (TPSA) is 88.5 Å². The molecule has 0 radical (unpaired) electrons. The van der Waals surface area contributed by atoms with Crippen molar-refractivity contribution < 1.29 is 4.79 Å². The van der Waals surface area contributed by atoms with Gasteiger partial charge in [0.1, 0.15) is 6.33 Å². The normalized spacial score (nSPS) is 10.9. The fourth-order valence-corrected chi connectivity index (χ4v) is 4.46. The van der Waals surface area contributed by atoms with Crippen molar-refractivity contribution in [2.75, 3.05) is 0 Å². The number of aromatic nitrogens is 5. The molecule has 8 heteroatoms. The predicted octanol–water partition coefficient (Wildman–Crippen LogP) is 4.94. The smallest absolute Gasteiger partial charge is 0.251 e. The van der Waals surface area contributed by atoms with E-state index in [1.54, 1.807) is 11.8 Å². The summed E-state index contributed by atoms with van der Waals surface area (Å²) in [5, 5.41) is 15.3. The van der Waals surface area contributed by atoms with Crippen LogP contribution in [0.1, 0.15) is 27.0 Å². The lowest BCUT2D eigenvalue weighted by molar-refractivity contribution is 0.0951. The molecule has 0 bridgehead atoms. The van der Waals surface area contributed by atoms with E-state index in [9.17, 15) is 4.79 Å². The summed E-state index contributed by atoms with van der Waals surface area (Å²) in [5.41, 5.74) is 5.78. The van der Waals surface area contributed by atoms with Gasteiger partial charge in [-0.1, -0.05) is 84.6 Å². The Bertz CT molecular complexity index is 1370. The van der Waals surface area contributed by atoms with E-state index in [4.69, 9.17) is 5.10 Å². The zero-order chi connectivity index (χ0) is 23.9. The molecular weight excluding hydrogens is 456 g/mol. The average molecular weight is 481 g/mol. The van der Waals surface area contributed by atoms with E-state index in [1.165, 1.54) is 11.9 Å². The molecule has 174 valence electrons. The fourth-order valence-electron chi connectivity index (χ4n) is 3.73. The molecule has 35 heavy (non-hydrogen) atoms. The molecule has 0 saturated carbocycles. The first kappa shape index (κ1) is 22.6. The van der Waals surface area contributed by atoms with Crippen molar-refractivity contribution in [1.29, 1.82) is 0 Å². The number of hydrogen-bond donors (Lipinski definition) is 2. The Morgan fingerprint density at radius 2 is 1.66 bits per heavy atom. The SMILES string of the molecule is O=C(NCc1cn(Cc2ccccc2)nc1-c1ccccc1)c1ccc(CSc2ncn[nH]2)cc1. The summed E-state index contributed by atoms with van der Waals surface area (Å²) >= 11 is 1.57. The number of benzene rings is 3. The lowest BCUT2D eigenvalue weighted by Gasteiger charge is -2.07. The van der Waals surface area contributed by atoms with E-state index in [1.807, 2.05) is 83.7 Å². The second-order valence-electron chi connectivity index (χ2n) is 8.01. The van der Waals surface area contributed by atoms with Crippen molar-refractivity contribution in [3.05, 3.63) is 120 Å². The minimum atomic E-state index is -0.116. The Hall–Kier alpha value is -4.17. The summed E-state index contributed by atoms with van der Waals surface area (Å²) in [6.07, 6.45) is 3.50. The number of H-pyrrole nitrogens is 1. The molecule has 0 saturated heterocycles. The summed E-state index contributed by atoms with van der Waals surface area (Å²) in [7, 11) is 0. The molecule has 7 nitrogen and oxygen atoms in total. The number of amides is 1. The second-order valence-corrected chi connectivity index (χ2v) is 8.98. The highest BCUT2D eigenvalue weighted by Gasteiger charge is 2.13. The zero-order valence-corrected chi connectivity index (χ0v) is 19.8. The Balaban J connectivity index is 1.27. The van der Waals surface area contributed by atoms with Gasteiger partial charge in [-0.05, 0) is 23.3 Å². The average Bonchev–Trinajstić information content (AvgIpc) is 3.57. The van der Waals surface area contributed by atoms with Gasteiger partial charge in [0.05, 0.1) is 12.2 Å². The number of rotatable bonds is 9. The van der Waals surface area contributed by atoms with Gasteiger partial charge >= 0.3 is 0 Å². The van der Waals surface area contributed by atoms with Crippen LogP contribution in [0.3, 0.4) is 0 Å². The molecule has 2 heterocycles. The van der Waals surface area contributed by atoms with Crippen LogP contribution in [0.5, 0.6) is 0 Å². The van der Waals surface area contributed by atoms with Crippen LogP contribution in [0.2, 0.25) is 0 Å². The molecule has 0 spiro atoms. The number of carbonyl (C=O) groups is 1. The molecule has 5 aromatic rings. The van der Waals surface area contributed by atoms with Crippen LogP contribution >= 0.6 is 11.8 Å². The van der Waals surface area contributed by atoms with Crippen molar-refractivity contribution in [3.63, 3.8) is 0 Å². The quantitative estimate of drug-likeness (QED) is 0.292. The van der Waals surface area contributed by atoms with Gasteiger partial charge in [0.25, 0.3) is 5.91 Å². The molecule has 3 aromatic carbocycles. The van der Waals surface area contributed by atoms with E-state index in [0.29, 0.717) is 18.7 Å². The first-order valence-electron chi connectivity index (χ1n) is 11.3. The van der Waals surface area contributed by atoms with Crippen LogP contribution in [-0.2, 0) is 18.8 Å². The van der Waals surface area contributed by atoms with E-state index in [2.05, 4.69) is 32.6 Å². The lowest BCUT2D eigenvalue weighted by atomic mass is 10.1. The third-order valence-electron chi connectivity index (χ3n) is 5.50. The molecule has 0 fully saturated rings. The summed E-state index contributed by atoms with van der Waals surface area (Å²) in [6.45, 7) is 1.06. The summed E-state index contributed by atoms with van der Waals surface area (Å²) in [6, 6.07) is 27.9. The molecule has 0 aliphatic heterocycles. The molecule has 0 atom stereocenters. The number of hydrogen-bond acceptors (Lipinski definition) is 5. The van der Waals surface area contributed by atoms with Crippen molar-refractivity contribution in [3.8, 4) is 11.3 Å². The van der Waals surface area contributed by atoms with E-state index < -0.39 is 0 Å². The third kappa shape index (κ3) is 5.85. The van der Waals surface area contributed by atoms with Gasteiger partial charge in [-0.15, -0.1) is 0 Å². The molecule has 1 amide bonds. The number of nitrogens with zero attached hydrogens (tertiary/aromatic N) is 4. The van der Waals surface area contributed by atoms with Gasteiger partial charge in [-0.25, -0.2) is 4.98 Å². The summed E-state index contributed by atoms with van der Waals surface area (Å²) < 4.78 is 1.93. The van der Waals surface area contributed by atoms with Crippen LogP contribution in [-0.4, -0.2) is 30.9 Å². The molecule has 0 aliphatic rings. The second kappa shape index (κ2) is 10.8. The maximum absolute atomic E-state index is 12.9. The van der Waals surface area contributed by atoms with Gasteiger partial charge in [0, 0.05) is 35.2 Å². The minimum absolute atomic E-state index is 0.116. The first-order valence-corrected chi connectivity index (χ1v) is 12.2. The lowest BCUT2D eigenvalue weighted by Crippen LogP contribution is -2.22. The van der Waals surface area contributed by atoms with Crippen LogP contribution in [0.15, 0.2) is 103 Å². The number of aromatic amines is 1. The van der Waals surface area contributed by atoms with Crippen molar-refractivity contribution >= 4 is 17.7 Å². The number of nitrogens with one attached hydrogen (secondary N) is 2. The van der Waals surface area contributed by atoms with Crippen LogP contribution in [0.4, 0.5) is 0 Å².